The molecule has 10 heteroatoms. The van der Waals surface area contributed by atoms with Gasteiger partial charge in [0.05, 0.1) is 16.5 Å². The highest BCUT2D eigenvalue weighted by atomic mass is 16.6. The lowest BCUT2D eigenvalue weighted by Gasteiger charge is -2.13. The minimum atomic E-state index is -0.814. The Labute approximate surface area is 135 Å². The lowest BCUT2D eigenvalue weighted by molar-refractivity contribution is -0.384. The number of hydrogen-bond acceptors (Lipinski definition) is 6. The highest BCUT2D eigenvalue weighted by Crippen LogP contribution is 2.19. The van der Waals surface area contributed by atoms with Gasteiger partial charge in [0.25, 0.3) is 5.69 Å². The molecule has 24 heavy (non-hydrogen) atoms. The van der Waals surface area contributed by atoms with Gasteiger partial charge in [-0.05, 0) is 19.9 Å². The molecule has 0 radical (unpaired) electrons. The van der Waals surface area contributed by atoms with Crippen molar-refractivity contribution in [2.75, 3.05) is 6.54 Å². The van der Waals surface area contributed by atoms with Crippen molar-refractivity contribution in [3.63, 3.8) is 0 Å². The second-order valence-electron chi connectivity index (χ2n) is 5.05. The van der Waals surface area contributed by atoms with Crippen molar-refractivity contribution in [1.29, 1.82) is 0 Å². The van der Waals surface area contributed by atoms with Crippen LogP contribution in [0.1, 0.15) is 13.8 Å². The predicted octanol–water partition coefficient (Wildman–Crippen LogP) is 0.144. The molecule has 128 valence electrons. The number of nitro groups is 1. The second kappa shape index (κ2) is 6.94. The van der Waals surface area contributed by atoms with Gasteiger partial charge in [0, 0.05) is 12.6 Å². The van der Waals surface area contributed by atoms with E-state index in [1.165, 1.54) is 19.1 Å². The molecule has 0 saturated heterocycles. The third-order valence-electron chi connectivity index (χ3n) is 3.29. The molecule has 0 aliphatic carbocycles. The van der Waals surface area contributed by atoms with Gasteiger partial charge in [0.15, 0.2) is 5.58 Å². The van der Waals surface area contributed by atoms with Gasteiger partial charge in [0.2, 0.25) is 11.8 Å². The molecule has 2 amide bonds. The van der Waals surface area contributed by atoms with E-state index >= 15 is 0 Å². The number of nitro benzene ring substituents is 1. The Kier molecular flexibility index (Phi) is 4.97. The van der Waals surface area contributed by atoms with Gasteiger partial charge < -0.3 is 15.1 Å². The molecule has 10 nitrogen and oxygen atoms in total. The average molecular weight is 336 g/mol. The first-order valence-electron chi connectivity index (χ1n) is 7.18. The number of carbonyl (C=O) groups excluding carboxylic acids is 2. The van der Waals surface area contributed by atoms with Gasteiger partial charge in [-0.25, -0.2) is 4.79 Å². The number of non-ortho nitro benzene ring substituents is 1. The summed E-state index contributed by atoms with van der Waals surface area (Å²) < 4.78 is 5.97. The van der Waals surface area contributed by atoms with Gasteiger partial charge in [0.1, 0.15) is 12.6 Å². The molecule has 0 saturated carbocycles. The minimum absolute atomic E-state index is 0.0128. The topological polar surface area (TPSA) is 136 Å². The number of nitrogens with one attached hydrogen (secondary N) is 2. The van der Waals surface area contributed by atoms with E-state index in [1.54, 1.807) is 6.92 Å². The normalized spacial score (nSPS) is 11.9. The molecule has 1 aromatic carbocycles. The van der Waals surface area contributed by atoms with E-state index in [-0.39, 0.29) is 29.2 Å². The van der Waals surface area contributed by atoms with Crippen LogP contribution < -0.4 is 16.4 Å². The maximum atomic E-state index is 12.0. The number of amides is 2. The lowest BCUT2D eigenvalue weighted by Crippen LogP contribution is -2.46. The number of benzene rings is 1. The number of hydrogen-bond donors (Lipinski definition) is 2. The third-order valence-corrected chi connectivity index (χ3v) is 3.29. The van der Waals surface area contributed by atoms with Gasteiger partial charge in [-0.3, -0.25) is 24.3 Å². The number of aromatic nitrogens is 1. The van der Waals surface area contributed by atoms with Crippen LogP contribution in [0, 0.1) is 10.1 Å². The quantitative estimate of drug-likeness (QED) is 0.569. The SMILES string of the molecule is CCNC(=O)[C@@H](C)NC(=O)Cn1c(=O)oc2cc([N+](=O)[O-])ccc21. The Morgan fingerprint density at radius 1 is 1.42 bits per heavy atom. The number of rotatable bonds is 6. The maximum absolute atomic E-state index is 12.0. The van der Waals surface area contributed by atoms with E-state index in [0.717, 1.165) is 10.6 Å². The number of fused-ring (bicyclic) bond motifs is 1. The summed E-state index contributed by atoms with van der Waals surface area (Å²) in [5.74, 6) is -1.71. The number of nitrogens with zero attached hydrogens (tertiary/aromatic N) is 2. The Morgan fingerprint density at radius 2 is 2.12 bits per heavy atom. The Morgan fingerprint density at radius 3 is 2.75 bits per heavy atom. The molecule has 2 N–H and O–H groups in total. The third kappa shape index (κ3) is 3.59. The zero-order chi connectivity index (χ0) is 17.9. The predicted molar refractivity (Wildman–Crippen MR) is 83.4 cm³/mol. The number of likely N-dealkylation sites (N-methyl/N-ethyl adjacent to an activating group) is 1. The fraction of sp³-hybridized carbons (Fsp3) is 0.357. The minimum Gasteiger partial charge on any atom is -0.407 e. The Balaban J connectivity index is 2.19. The molecule has 0 bridgehead atoms. The molecule has 0 spiro atoms. The fourth-order valence-corrected chi connectivity index (χ4v) is 2.14. The van der Waals surface area contributed by atoms with E-state index in [0.29, 0.717) is 6.54 Å². The highest BCUT2D eigenvalue weighted by molar-refractivity contribution is 5.87. The van der Waals surface area contributed by atoms with Crippen molar-refractivity contribution in [2.24, 2.45) is 0 Å². The first-order valence-corrected chi connectivity index (χ1v) is 7.18. The van der Waals surface area contributed by atoms with E-state index in [1.807, 2.05) is 0 Å². The zero-order valence-electron chi connectivity index (χ0n) is 13.1. The van der Waals surface area contributed by atoms with Crippen LogP contribution in [-0.2, 0) is 16.1 Å². The van der Waals surface area contributed by atoms with Crippen molar-refractivity contribution in [1.82, 2.24) is 15.2 Å². The molecule has 1 atom stereocenters. The molecule has 0 aliphatic heterocycles. The Bertz CT molecular complexity index is 853. The van der Waals surface area contributed by atoms with Crippen molar-refractivity contribution in [3.05, 3.63) is 38.9 Å². The van der Waals surface area contributed by atoms with Crippen LogP contribution in [0.15, 0.2) is 27.4 Å². The first kappa shape index (κ1) is 17.2. The summed E-state index contributed by atoms with van der Waals surface area (Å²) in [5.41, 5.74) is 0.0443. The van der Waals surface area contributed by atoms with Crippen molar-refractivity contribution in [3.8, 4) is 0 Å². The molecule has 2 aromatic rings. The summed E-state index contributed by atoms with van der Waals surface area (Å²) in [4.78, 5) is 45.5. The van der Waals surface area contributed by atoms with Gasteiger partial charge >= 0.3 is 5.76 Å². The van der Waals surface area contributed by atoms with Crippen molar-refractivity contribution >= 4 is 28.6 Å². The molecule has 0 aliphatic rings. The molecular formula is C14H16N4O6. The van der Waals surface area contributed by atoms with E-state index in [2.05, 4.69) is 10.6 Å². The van der Waals surface area contributed by atoms with Gasteiger partial charge in [-0.2, -0.15) is 0 Å². The summed E-state index contributed by atoms with van der Waals surface area (Å²) in [6, 6.07) is 2.90. The van der Waals surface area contributed by atoms with Crippen LogP contribution in [0.5, 0.6) is 0 Å². The molecule has 1 aromatic heterocycles. The second-order valence-corrected chi connectivity index (χ2v) is 5.05. The molecule has 0 unspecified atom stereocenters. The fourth-order valence-electron chi connectivity index (χ4n) is 2.14. The Hall–Kier alpha value is -3.17. The number of carbonyl (C=O) groups is 2. The summed E-state index contributed by atoms with van der Waals surface area (Å²) >= 11 is 0. The molecule has 0 fully saturated rings. The summed E-state index contributed by atoms with van der Waals surface area (Å²) in [6.45, 7) is 3.34. The van der Waals surface area contributed by atoms with Crippen LogP contribution in [0.3, 0.4) is 0 Å². The molecule has 2 rings (SSSR count). The standard InChI is InChI=1S/C14H16N4O6/c1-3-15-13(20)8(2)16-12(19)7-17-10-5-4-9(18(22)23)6-11(10)24-14(17)21/h4-6,8H,3,7H2,1-2H3,(H,15,20)(H,16,19)/t8-/m1/s1. The maximum Gasteiger partial charge on any atom is 0.420 e. The van der Waals surface area contributed by atoms with Gasteiger partial charge in [-0.1, -0.05) is 0 Å². The summed E-state index contributed by atoms with van der Waals surface area (Å²) in [6.07, 6.45) is 0. The van der Waals surface area contributed by atoms with Crippen LogP contribution in [0.25, 0.3) is 11.1 Å². The van der Waals surface area contributed by atoms with E-state index < -0.39 is 22.6 Å². The first-order chi connectivity index (χ1) is 11.3. The highest BCUT2D eigenvalue weighted by Gasteiger charge is 2.19. The van der Waals surface area contributed by atoms with Crippen LogP contribution >= 0.6 is 0 Å². The van der Waals surface area contributed by atoms with Crippen LogP contribution in [-0.4, -0.2) is 33.9 Å². The monoisotopic (exact) mass is 336 g/mol. The van der Waals surface area contributed by atoms with Crippen LogP contribution in [0.4, 0.5) is 5.69 Å². The van der Waals surface area contributed by atoms with E-state index in [4.69, 9.17) is 4.42 Å². The molecular weight excluding hydrogens is 320 g/mol. The summed E-state index contributed by atoms with van der Waals surface area (Å²) in [5, 5.41) is 15.8. The summed E-state index contributed by atoms with van der Waals surface area (Å²) in [7, 11) is 0. The smallest absolute Gasteiger partial charge is 0.407 e. The van der Waals surface area contributed by atoms with Crippen LogP contribution in [0.2, 0.25) is 0 Å². The lowest BCUT2D eigenvalue weighted by atomic mass is 10.3. The van der Waals surface area contributed by atoms with Gasteiger partial charge in [-0.15, -0.1) is 0 Å². The number of oxazole rings is 1. The zero-order valence-corrected chi connectivity index (χ0v) is 13.1. The average Bonchev–Trinajstić information content (AvgIpc) is 2.82. The van der Waals surface area contributed by atoms with Crippen molar-refractivity contribution < 1.29 is 18.9 Å². The van der Waals surface area contributed by atoms with E-state index in [9.17, 15) is 24.5 Å². The largest absolute Gasteiger partial charge is 0.420 e. The molecule has 1 heterocycles. The van der Waals surface area contributed by atoms with Crippen molar-refractivity contribution in [2.45, 2.75) is 26.4 Å².